The molecule has 0 aromatic heterocycles. The van der Waals surface area contributed by atoms with Gasteiger partial charge in [0.2, 0.25) is 0 Å². The summed E-state index contributed by atoms with van der Waals surface area (Å²) in [5.41, 5.74) is 0. The van der Waals surface area contributed by atoms with Crippen molar-refractivity contribution in [1.29, 1.82) is 0 Å². The predicted molar refractivity (Wildman–Crippen MR) is 99.5 cm³/mol. The predicted octanol–water partition coefficient (Wildman–Crippen LogP) is 5.40. The standard InChI is InChI=1S/C20H40O2.Al/c1-2-3-4-5-6-7-8-9-10-11-12-13-14-15-16-17-18-19-20(21)22;/h2-19H2,1H3,(H,21,22);/q;+1/p-1. The van der Waals surface area contributed by atoms with Crippen LogP contribution in [0, 0.1) is 0 Å². The molecule has 0 heterocycles. The van der Waals surface area contributed by atoms with Crippen LogP contribution in [-0.4, -0.2) is 23.3 Å². The summed E-state index contributed by atoms with van der Waals surface area (Å²) in [7, 11) is 0. The first kappa shape index (κ1) is 25.2. The van der Waals surface area contributed by atoms with Crippen LogP contribution in [0.3, 0.4) is 0 Å². The van der Waals surface area contributed by atoms with E-state index in [1.165, 1.54) is 96.3 Å². The maximum Gasteiger partial charge on any atom is 1.00 e. The third-order valence-electron chi connectivity index (χ3n) is 4.48. The molecule has 0 aliphatic carbocycles. The van der Waals surface area contributed by atoms with E-state index in [-0.39, 0.29) is 23.8 Å². The summed E-state index contributed by atoms with van der Waals surface area (Å²) in [6.07, 6.45) is 22.8. The summed E-state index contributed by atoms with van der Waals surface area (Å²) in [5, 5.41) is 10.2. The van der Waals surface area contributed by atoms with Gasteiger partial charge in [-0.25, -0.2) is 0 Å². The molecule has 0 atom stereocenters. The molecule has 0 saturated heterocycles. The summed E-state index contributed by atoms with van der Waals surface area (Å²) >= 11 is 0. The molecule has 134 valence electrons. The minimum Gasteiger partial charge on any atom is -0.550 e. The fourth-order valence-electron chi connectivity index (χ4n) is 2.99. The van der Waals surface area contributed by atoms with Crippen LogP contribution in [-0.2, 0) is 4.79 Å². The summed E-state index contributed by atoms with van der Waals surface area (Å²) in [4.78, 5) is 10.2. The molecule has 0 spiro atoms. The SMILES string of the molecule is CCCCCCCCCCCCCCCCCCCC(=O)[O-].[Al+]. The Bertz CT molecular complexity index is 232. The first-order valence-corrected chi connectivity index (χ1v) is 9.97. The molecule has 0 aromatic carbocycles. The van der Waals surface area contributed by atoms with Crippen molar-refractivity contribution < 1.29 is 9.90 Å². The van der Waals surface area contributed by atoms with E-state index in [2.05, 4.69) is 6.92 Å². The third kappa shape index (κ3) is 24.4. The quantitative estimate of drug-likeness (QED) is 0.248. The Labute approximate surface area is 156 Å². The summed E-state index contributed by atoms with van der Waals surface area (Å²) in [6, 6.07) is 0. The fourth-order valence-corrected chi connectivity index (χ4v) is 2.99. The van der Waals surface area contributed by atoms with E-state index in [0.29, 0.717) is 0 Å². The Hall–Kier alpha value is 0.00247. The zero-order chi connectivity index (χ0) is 16.3. The molecule has 2 nitrogen and oxygen atoms in total. The summed E-state index contributed by atoms with van der Waals surface area (Å²) in [6.45, 7) is 2.27. The van der Waals surface area contributed by atoms with Gasteiger partial charge in [-0.2, -0.15) is 0 Å². The Morgan fingerprint density at radius 2 is 0.826 bits per heavy atom. The minimum absolute atomic E-state index is 0. The van der Waals surface area contributed by atoms with Crippen LogP contribution in [0.1, 0.15) is 122 Å². The molecular formula is C20H39AlO2. The van der Waals surface area contributed by atoms with Crippen molar-refractivity contribution in [2.24, 2.45) is 0 Å². The topological polar surface area (TPSA) is 40.1 Å². The van der Waals surface area contributed by atoms with Crippen molar-refractivity contribution in [3.63, 3.8) is 0 Å². The summed E-state index contributed by atoms with van der Waals surface area (Å²) < 4.78 is 0. The molecule has 0 aliphatic rings. The molecule has 0 rings (SSSR count). The second kappa shape index (κ2) is 22.0. The van der Waals surface area contributed by atoms with E-state index in [1.807, 2.05) is 0 Å². The van der Waals surface area contributed by atoms with Gasteiger partial charge in [0.05, 0.1) is 0 Å². The van der Waals surface area contributed by atoms with Crippen LogP contribution in [0.4, 0.5) is 0 Å². The number of unbranched alkanes of at least 4 members (excludes halogenated alkanes) is 16. The van der Waals surface area contributed by atoms with Crippen molar-refractivity contribution in [2.75, 3.05) is 0 Å². The average Bonchev–Trinajstić information content (AvgIpc) is 2.50. The average molecular weight is 339 g/mol. The molecule has 2 radical (unpaired) electrons. The van der Waals surface area contributed by atoms with Gasteiger partial charge >= 0.3 is 17.4 Å². The van der Waals surface area contributed by atoms with Crippen molar-refractivity contribution in [3.05, 3.63) is 0 Å². The number of carboxylic acid groups (broad SMARTS) is 1. The molecule has 0 aromatic rings. The molecule has 0 unspecified atom stereocenters. The second-order valence-electron chi connectivity index (χ2n) is 6.78. The largest absolute Gasteiger partial charge is 1.00 e. The molecule has 0 N–H and O–H groups in total. The molecular weight excluding hydrogens is 299 g/mol. The Morgan fingerprint density at radius 3 is 1.09 bits per heavy atom. The van der Waals surface area contributed by atoms with Crippen LogP contribution in [0.25, 0.3) is 0 Å². The second-order valence-corrected chi connectivity index (χ2v) is 6.78. The van der Waals surface area contributed by atoms with Gasteiger partial charge < -0.3 is 9.90 Å². The molecule has 0 amide bonds. The Kier molecular flexibility index (Phi) is 24.2. The van der Waals surface area contributed by atoms with Gasteiger partial charge in [-0.3, -0.25) is 0 Å². The first-order chi connectivity index (χ1) is 10.8. The fraction of sp³-hybridized carbons (Fsp3) is 0.950. The Morgan fingerprint density at radius 1 is 0.565 bits per heavy atom. The van der Waals surface area contributed by atoms with E-state index in [9.17, 15) is 9.90 Å². The van der Waals surface area contributed by atoms with Crippen LogP contribution in [0.2, 0.25) is 0 Å². The van der Waals surface area contributed by atoms with Crippen LogP contribution < -0.4 is 5.11 Å². The first-order valence-electron chi connectivity index (χ1n) is 9.97. The van der Waals surface area contributed by atoms with Crippen molar-refractivity contribution in [1.82, 2.24) is 0 Å². The van der Waals surface area contributed by atoms with Gasteiger partial charge in [-0.05, 0) is 12.8 Å². The number of aliphatic carboxylic acids is 1. The summed E-state index contributed by atoms with van der Waals surface area (Å²) in [5.74, 6) is -0.902. The molecule has 0 saturated carbocycles. The number of hydrogen-bond acceptors (Lipinski definition) is 2. The number of carboxylic acids is 1. The molecule has 0 aliphatic heterocycles. The number of rotatable bonds is 18. The van der Waals surface area contributed by atoms with E-state index < -0.39 is 5.97 Å². The number of hydrogen-bond donors (Lipinski definition) is 0. The van der Waals surface area contributed by atoms with Crippen molar-refractivity contribution >= 4 is 23.3 Å². The molecule has 23 heavy (non-hydrogen) atoms. The minimum atomic E-state index is -0.902. The van der Waals surface area contributed by atoms with Crippen LogP contribution in [0.15, 0.2) is 0 Å². The monoisotopic (exact) mass is 338 g/mol. The van der Waals surface area contributed by atoms with Gasteiger partial charge in [0.1, 0.15) is 0 Å². The maximum absolute atomic E-state index is 10.2. The Balaban J connectivity index is 0. The van der Waals surface area contributed by atoms with Gasteiger partial charge in [-0.1, -0.05) is 110 Å². The zero-order valence-electron chi connectivity index (χ0n) is 15.6. The zero-order valence-corrected chi connectivity index (χ0v) is 16.8. The van der Waals surface area contributed by atoms with Gasteiger partial charge in [0.15, 0.2) is 0 Å². The molecule has 0 fully saturated rings. The number of carbonyl (C=O) groups excluding carboxylic acids is 1. The van der Waals surface area contributed by atoms with Gasteiger partial charge in [-0.15, -0.1) is 0 Å². The maximum atomic E-state index is 10.2. The van der Waals surface area contributed by atoms with Crippen LogP contribution in [0.5, 0.6) is 0 Å². The van der Waals surface area contributed by atoms with Gasteiger partial charge in [0, 0.05) is 5.97 Å². The third-order valence-corrected chi connectivity index (χ3v) is 4.48. The van der Waals surface area contributed by atoms with Crippen molar-refractivity contribution in [3.8, 4) is 0 Å². The van der Waals surface area contributed by atoms with E-state index in [1.54, 1.807) is 0 Å². The van der Waals surface area contributed by atoms with Gasteiger partial charge in [0.25, 0.3) is 0 Å². The smallest absolute Gasteiger partial charge is 0.550 e. The van der Waals surface area contributed by atoms with E-state index in [4.69, 9.17) is 0 Å². The van der Waals surface area contributed by atoms with E-state index >= 15 is 0 Å². The number of carbonyl (C=O) groups is 1. The molecule has 0 bridgehead atoms. The van der Waals surface area contributed by atoms with Crippen molar-refractivity contribution in [2.45, 2.75) is 122 Å². The molecule has 3 heteroatoms. The van der Waals surface area contributed by atoms with Crippen LogP contribution >= 0.6 is 0 Å². The van der Waals surface area contributed by atoms with E-state index in [0.717, 1.165) is 12.8 Å². The normalized spacial score (nSPS) is 10.5.